The van der Waals surface area contributed by atoms with Gasteiger partial charge >= 0.3 is 29.2 Å². The van der Waals surface area contributed by atoms with Crippen molar-refractivity contribution in [1.29, 1.82) is 0 Å². The first-order valence-electron chi connectivity index (χ1n) is 7.61. The molecule has 0 aliphatic carbocycles. The minimum Gasteiger partial charge on any atom is -0.382 e. The van der Waals surface area contributed by atoms with Crippen molar-refractivity contribution in [2.75, 3.05) is 6.61 Å². The molecule has 2 rings (SSSR count). The molecule has 1 fully saturated rings. The van der Waals surface area contributed by atoms with Gasteiger partial charge < -0.3 is 29.4 Å². The van der Waals surface area contributed by atoms with E-state index in [2.05, 4.69) is 17.9 Å². The minimum absolute atomic E-state index is 0.403. The zero-order valence-electron chi connectivity index (χ0n) is 15.0. The van der Waals surface area contributed by atoms with E-state index in [1.165, 1.54) is 0 Å². The lowest BCUT2D eigenvalue weighted by atomic mass is 9.97. The summed E-state index contributed by atoms with van der Waals surface area (Å²) in [5.41, 5.74) is -4.92. The van der Waals surface area contributed by atoms with Crippen molar-refractivity contribution < 1.29 is 65.0 Å². The Morgan fingerprint density at radius 3 is 2.29 bits per heavy atom. The number of phosphoric ester groups is 1. The van der Waals surface area contributed by atoms with Crippen molar-refractivity contribution in [1.82, 2.24) is 9.55 Å². The zero-order chi connectivity index (χ0) is 24.0. The number of aliphatic hydroxyl groups is 1. The van der Waals surface area contributed by atoms with Gasteiger partial charge in [0.15, 0.2) is 12.4 Å². The number of H-pyrrole nitrogens is 1. The van der Waals surface area contributed by atoms with Gasteiger partial charge in [0.25, 0.3) is 11.4 Å². The van der Waals surface area contributed by atoms with E-state index in [9.17, 15) is 42.1 Å². The van der Waals surface area contributed by atoms with Crippen LogP contribution in [0, 0.1) is 0 Å². The van der Waals surface area contributed by atoms with E-state index >= 15 is 0 Å². The molecule has 6 atom stereocenters. The van der Waals surface area contributed by atoms with Crippen LogP contribution in [0.25, 0.3) is 0 Å². The third-order valence-corrected chi connectivity index (χ3v) is 7.43. The summed E-state index contributed by atoms with van der Waals surface area (Å²) >= 11 is 0. The van der Waals surface area contributed by atoms with E-state index < -0.39 is 65.2 Å². The van der Waals surface area contributed by atoms with Crippen molar-refractivity contribution in [3.05, 3.63) is 33.1 Å². The summed E-state index contributed by atoms with van der Waals surface area (Å²) in [6.45, 7) is -1.20. The Morgan fingerprint density at radius 2 is 1.77 bits per heavy atom. The quantitative estimate of drug-likeness (QED) is 0.230. The molecule has 2 unspecified atom stereocenters. The first-order chi connectivity index (χ1) is 13.8. The zero-order valence-corrected chi connectivity index (χ0v) is 17.7. The number of rotatable bonds is 8. The summed E-state index contributed by atoms with van der Waals surface area (Å²) < 4.78 is 78.8. The Labute approximate surface area is 169 Å². The van der Waals surface area contributed by atoms with Crippen molar-refractivity contribution in [2.45, 2.75) is 30.8 Å². The van der Waals surface area contributed by atoms with Crippen LogP contribution >= 0.6 is 23.5 Å². The monoisotopic (exact) mass is 518 g/mol. The molecule has 0 bridgehead atoms. The molecule has 16 nitrogen and oxygen atoms in total. The smallest absolute Gasteiger partial charge is 0.382 e. The second kappa shape index (κ2) is 8.33. The first-order valence-corrected chi connectivity index (χ1v) is 12.1. The maximum Gasteiger partial charge on any atom is 0.490 e. The fraction of sp³-hybridized carbons (Fsp3) is 0.600. The second-order valence-corrected chi connectivity index (χ2v) is 10.6. The number of ether oxygens (including phenoxy) is 1. The standard InChI is InChI=1S/C10H15F2N2O14P3/c1-9(17)6(11)10(12,26-7(9)14-3-2-5(15)13-8(14)16)4-25-30(21,22)28-31(23,24)27-29(18,19)20/h2-3,6-7,17H,4H2,1H3,(H,21,22)(H,23,24)(H,13,15,16)(H2,18,19,20)/t6-,7+,9+,10+/m0/s1. The predicted molar refractivity (Wildman–Crippen MR) is 90.6 cm³/mol. The van der Waals surface area contributed by atoms with Crippen LogP contribution in [0.4, 0.5) is 8.78 Å². The number of nitrogens with one attached hydrogen (secondary N) is 1. The Hall–Kier alpha value is -1.13. The predicted octanol–water partition coefficient (Wildman–Crippen LogP) is -0.836. The van der Waals surface area contributed by atoms with Crippen LogP contribution in [0.5, 0.6) is 0 Å². The fourth-order valence-corrected chi connectivity index (χ4v) is 5.49. The van der Waals surface area contributed by atoms with Gasteiger partial charge in [-0.25, -0.2) is 27.3 Å². The van der Waals surface area contributed by atoms with Crippen LogP contribution in [-0.4, -0.2) is 58.5 Å². The highest BCUT2D eigenvalue weighted by atomic mass is 31.3. The van der Waals surface area contributed by atoms with Gasteiger partial charge in [-0.1, -0.05) is 0 Å². The van der Waals surface area contributed by atoms with Gasteiger partial charge in [-0.3, -0.25) is 18.9 Å². The fourth-order valence-electron chi connectivity index (χ4n) is 2.46. The Balaban J connectivity index is 2.22. The topological polar surface area (TPSA) is 244 Å². The number of aromatic nitrogens is 2. The first kappa shape index (κ1) is 26.1. The Morgan fingerprint density at radius 1 is 1.19 bits per heavy atom. The summed E-state index contributed by atoms with van der Waals surface area (Å²) in [6, 6.07) is 0.762. The second-order valence-electron chi connectivity index (χ2n) is 6.23. The number of nitrogens with zero attached hydrogens (tertiary/aromatic N) is 1. The molecule has 0 aromatic carbocycles. The van der Waals surface area contributed by atoms with E-state index in [0.29, 0.717) is 11.5 Å². The maximum absolute atomic E-state index is 14.9. The minimum atomic E-state index is -5.92. The molecular formula is C10H15F2N2O14P3. The third kappa shape index (κ3) is 6.22. The molecule has 1 saturated heterocycles. The van der Waals surface area contributed by atoms with Gasteiger partial charge in [-0.2, -0.15) is 8.62 Å². The van der Waals surface area contributed by atoms with Gasteiger partial charge in [-0.15, -0.1) is 0 Å². The third-order valence-electron chi connectivity index (χ3n) is 3.64. The summed E-state index contributed by atoms with van der Waals surface area (Å²) in [5, 5.41) is 10.2. The van der Waals surface area contributed by atoms with Gasteiger partial charge in [-0.05, 0) is 6.92 Å². The molecule has 2 heterocycles. The molecule has 0 radical (unpaired) electrons. The number of hydrogen-bond donors (Lipinski definition) is 6. The summed E-state index contributed by atoms with van der Waals surface area (Å²) in [5.74, 6) is -3.75. The van der Waals surface area contributed by atoms with E-state index in [1.807, 2.05) is 0 Å². The van der Waals surface area contributed by atoms with Crippen LogP contribution in [0.1, 0.15) is 13.2 Å². The SMILES string of the molecule is C[C@]1(O)[C@H](n2ccc(=O)[nH]c2=O)O[C@](F)(COP(=O)(O)OP(=O)(O)OP(=O)(O)O)[C@H]1F. The molecule has 178 valence electrons. The van der Waals surface area contributed by atoms with Gasteiger partial charge in [0.05, 0.1) is 0 Å². The number of hydrogen-bond acceptors (Lipinski definition) is 10. The van der Waals surface area contributed by atoms with Crippen LogP contribution in [0.15, 0.2) is 21.9 Å². The highest BCUT2D eigenvalue weighted by Gasteiger charge is 2.65. The van der Waals surface area contributed by atoms with E-state index in [-0.39, 0.29) is 0 Å². The highest BCUT2D eigenvalue weighted by molar-refractivity contribution is 7.66. The number of aromatic amines is 1. The van der Waals surface area contributed by atoms with Crippen molar-refractivity contribution >= 4 is 23.5 Å². The molecule has 0 spiro atoms. The number of halogens is 2. The molecule has 21 heteroatoms. The number of phosphoric acid groups is 3. The largest absolute Gasteiger partial charge is 0.490 e. The summed E-state index contributed by atoms with van der Waals surface area (Å²) in [4.78, 5) is 59.9. The molecule has 1 aliphatic rings. The lowest BCUT2D eigenvalue weighted by Crippen LogP contribution is -2.47. The van der Waals surface area contributed by atoms with Gasteiger partial charge in [0.2, 0.25) is 0 Å². The molecule has 1 aliphatic heterocycles. The van der Waals surface area contributed by atoms with E-state index in [4.69, 9.17) is 14.7 Å². The molecule has 31 heavy (non-hydrogen) atoms. The molecule has 6 N–H and O–H groups in total. The molecule has 0 saturated carbocycles. The number of alkyl halides is 2. The average Bonchev–Trinajstić information content (AvgIpc) is 2.71. The van der Waals surface area contributed by atoms with Crippen LogP contribution < -0.4 is 11.2 Å². The van der Waals surface area contributed by atoms with Crippen LogP contribution in [0.3, 0.4) is 0 Å². The van der Waals surface area contributed by atoms with Gasteiger partial charge in [0.1, 0.15) is 12.2 Å². The molecule has 0 amide bonds. The van der Waals surface area contributed by atoms with Crippen LogP contribution in [-0.2, 0) is 31.6 Å². The van der Waals surface area contributed by atoms with Crippen molar-refractivity contribution in [3.63, 3.8) is 0 Å². The maximum atomic E-state index is 14.9. The van der Waals surface area contributed by atoms with Crippen molar-refractivity contribution in [2.24, 2.45) is 0 Å². The van der Waals surface area contributed by atoms with Crippen molar-refractivity contribution in [3.8, 4) is 0 Å². The average molecular weight is 518 g/mol. The highest BCUT2D eigenvalue weighted by Crippen LogP contribution is 2.66. The Bertz CT molecular complexity index is 1100. The molecular weight excluding hydrogens is 503 g/mol. The van der Waals surface area contributed by atoms with Crippen LogP contribution in [0.2, 0.25) is 0 Å². The van der Waals surface area contributed by atoms with Gasteiger partial charge in [0, 0.05) is 12.3 Å². The van der Waals surface area contributed by atoms with E-state index in [0.717, 1.165) is 12.3 Å². The lowest BCUT2D eigenvalue weighted by molar-refractivity contribution is -0.195. The summed E-state index contributed by atoms with van der Waals surface area (Å²) in [6.07, 6.45) is -4.45. The Kier molecular flexibility index (Phi) is 7.02. The summed E-state index contributed by atoms with van der Waals surface area (Å²) in [7, 11) is -17.4. The van der Waals surface area contributed by atoms with E-state index in [1.54, 1.807) is 4.98 Å². The lowest BCUT2D eigenvalue weighted by Gasteiger charge is -2.26. The molecule has 1 aromatic rings. The normalized spacial score (nSPS) is 33.0. The molecule has 1 aromatic heterocycles.